The molecule has 5 heteroatoms. The third kappa shape index (κ3) is 2.77. The molecule has 0 radical (unpaired) electrons. The van der Waals surface area contributed by atoms with Gasteiger partial charge in [-0.2, -0.15) is 0 Å². The van der Waals surface area contributed by atoms with Gasteiger partial charge in [0.1, 0.15) is 12.7 Å². The van der Waals surface area contributed by atoms with E-state index in [2.05, 4.69) is 10.2 Å². The van der Waals surface area contributed by atoms with Crippen molar-refractivity contribution in [2.75, 3.05) is 26.2 Å². The van der Waals surface area contributed by atoms with Crippen molar-refractivity contribution in [3.63, 3.8) is 0 Å². The maximum Gasteiger partial charge on any atom is 0.241 e. The second kappa shape index (κ2) is 5.04. The molecule has 1 N–H and O–H groups in total. The first-order valence-electron chi connectivity index (χ1n) is 6.39. The van der Waals surface area contributed by atoms with Crippen LogP contribution in [0.1, 0.15) is 26.7 Å². The Morgan fingerprint density at radius 2 is 2.06 bits per heavy atom. The zero-order valence-electron chi connectivity index (χ0n) is 10.6. The third-order valence-electron chi connectivity index (χ3n) is 3.47. The van der Waals surface area contributed by atoms with E-state index in [0.29, 0.717) is 6.54 Å². The second-order valence-corrected chi connectivity index (χ2v) is 5.26. The van der Waals surface area contributed by atoms with Gasteiger partial charge in [-0.3, -0.25) is 14.5 Å². The lowest BCUT2D eigenvalue weighted by Crippen LogP contribution is -2.47. The lowest BCUT2D eigenvalue weighted by molar-refractivity contribution is -0.134. The highest BCUT2D eigenvalue weighted by molar-refractivity contribution is 5.89. The number of carbonyl (C=O) groups excluding carboxylic acids is 2. The van der Waals surface area contributed by atoms with E-state index in [1.807, 2.05) is 13.8 Å². The molecule has 0 bridgehead atoms. The summed E-state index contributed by atoms with van der Waals surface area (Å²) >= 11 is 0. The van der Waals surface area contributed by atoms with E-state index >= 15 is 0 Å². The van der Waals surface area contributed by atoms with E-state index < -0.39 is 0 Å². The molecule has 0 saturated carbocycles. The van der Waals surface area contributed by atoms with Gasteiger partial charge < -0.3 is 10.2 Å². The van der Waals surface area contributed by atoms with Gasteiger partial charge >= 0.3 is 0 Å². The van der Waals surface area contributed by atoms with E-state index in [9.17, 15) is 9.59 Å². The summed E-state index contributed by atoms with van der Waals surface area (Å²) in [7, 11) is 0. The lowest BCUT2D eigenvalue weighted by atomic mass is 10.1. The lowest BCUT2D eigenvalue weighted by Gasteiger charge is -2.28. The monoisotopic (exact) mass is 239 g/mol. The number of likely N-dealkylation sites (tertiary alicyclic amines) is 1. The van der Waals surface area contributed by atoms with Gasteiger partial charge in [0.05, 0.1) is 6.54 Å². The molecule has 2 saturated heterocycles. The number of hydrogen-bond donors (Lipinski definition) is 1. The minimum Gasteiger partial charge on any atom is -0.334 e. The van der Waals surface area contributed by atoms with Crippen molar-refractivity contribution < 1.29 is 9.59 Å². The van der Waals surface area contributed by atoms with Gasteiger partial charge in [0.15, 0.2) is 0 Å². The Bertz CT molecular complexity index is 311. The van der Waals surface area contributed by atoms with Crippen LogP contribution in [0.25, 0.3) is 0 Å². The van der Waals surface area contributed by atoms with E-state index in [4.69, 9.17) is 0 Å². The summed E-state index contributed by atoms with van der Waals surface area (Å²) in [5, 5.41) is 2.86. The van der Waals surface area contributed by atoms with Crippen molar-refractivity contribution in [1.82, 2.24) is 15.1 Å². The summed E-state index contributed by atoms with van der Waals surface area (Å²) in [4.78, 5) is 27.4. The fraction of sp³-hybridized carbons (Fsp3) is 0.833. The fourth-order valence-electron chi connectivity index (χ4n) is 2.53. The van der Waals surface area contributed by atoms with Crippen LogP contribution in [-0.4, -0.2) is 54.0 Å². The van der Waals surface area contributed by atoms with Gasteiger partial charge in [0.25, 0.3) is 0 Å². The Hall–Kier alpha value is -1.10. The smallest absolute Gasteiger partial charge is 0.241 e. The average molecular weight is 239 g/mol. The summed E-state index contributed by atoms with van der Waals surface area (Å²) < 4.78 is 0. The molecular formula is C12H21N3O2. The predicted molar refractivity (Wildman–Crippen MR) is 64.2 cm³/mol. The summed E-state index contributed by atoms with van der Waals surface area (Å²) in [5.74, 6) is 0.284. The molecule has 2 fully saturated rings. The Morgan fingerprint density at radius 1 is 1.41 bits per heavy atom. The highest BCUT2D eigenvalue weighted by Crippen LogP contribution is 2.15. The van der Waals surface area contributed by atoms with Gasteiger partial charge in [-0.05, 0) is 31.8 Å². The maximum atomic E-state index is 12.2. The highest BCUT2D eigenvalue weighted by Gasteiger charge is 2.35. The van der Waals surface area contributed by atoms with Crippen molar-refractivity contribution in [1.29, 1.82) is 0 Å². The van der Waals surface area contributed by atoms with Crippen LogP contribution in [0.5, 0.6) is 0 Å². The van der Waals surface area contributed by atoms with Crippen molar-refractivity contribution in [2.24, 2.45) is 5.92 Å². The Kier molecular flexibility index (Phi) is 3.66. The van der Waals surface area contributed by atoms with Crippen LogP contribution in [0.2, 0.25) is 0 Å². The van der Waals surface area contributed by atoms with E-state index in [1.54, 1.807) is 4.90 Å². The molecule has 1 unspecified atom stereocenters. The van der Waals surface area contributed by atoms with Crippen molar-refractivity contribution in [2.45, 2.75) is 32.9 Å². The Labute approximate surface area is 102 Å². The summed E-state index contributed by atoms with van der Waals surface area (Å²) in [6, 6.07) is 0. The molecule has 0 aromatic carbocycles. The number of hydrogen-bond acceptors (Lipinski definition) is 3. The van der Waals surface area contributed by atoms with E-state index in [0.717, 1.165) is 13.1 Å². The first-order valence-corrected chi connectivity index (χ1v) is 6.39. The quantitative estimate of drug-likeness (QED) is 0.755. The SMILES string of the molecule is CC(C)C1NC(=O)CN1C(=O)CN1CCCC1. The van der Waals surface area contributed by atoms with Crippen LogP contribution in [0.4, 0.5) is 0 Å². The fourth-order valence-corrected chi connectivity index (χ4v) is 2.53. The molecule has 1 atom stereocenters. The van der Waals surface area contributed by atoms with E-state index in [-0.39, 0.29) is 30.4 Å². The normalized spacial score (nSPS) is 25.7. The van der Waals surface area contributed by atoms with Crippen LogP contribution >= 0.6 is 0 Å². The van der Waals surface area contributed by atoms with Crippen LogP contribution < -0.4 is 5.32 Å². The van der Waals surface area contributed by atoms with Gasteiger partial charge in [-0.25, -0.2) is 0 Å². The third-order valence-corrected chi connectivity index (χ3v) is 3.47. The molecule has 96 valence electrons. The standard InChI is InChI=1S/C12H21N3O2/c1-9(2)12-13-10(16)7-15(12)11(17)8-14-5-3-4-6-14/h9,12H,3-8H2,1-2H3,(H,13,16). The molecular weight excluding hydrogens is 218 g/mol. The molecule has 0 aromatic heterocycles. The average Bonchev–Trinajstić information content (AvgIpc) is 2.86. The molecule has 0 aliphatic carbocycles. The molecule has 2 aliphatic heterocycles. The zero-order valence-corrected chi connectivity index (χ0v) is 10.6. The predicted octanol–water partition coefficient (Wildman–Crippen LogP) is 0.0227. The van der Waals surface area contributed by atoms with E-state index in [1.165, 1.54) is 12.8 Å². The van der Waals surface area contributed by atoms with Crippen LogP contribution in [-0.2, 0) is 9.59 Å². The molecule has 2 rings (SSSR count). The first kappa shape index (κ1) is 12.4. The van der Waals surface area contributed by atoms with Crippen molar-refractivity contribution in [3.8, 4) is 0 Å². The summed E-state index contributed by atoms with van der Waals surface area (Å²) in [6.45, 7) is 6.73. The molecule has 5 nitrogen and oxygen atoms in total. The number of nitrogens with one attached hydrogen (secondary N) is 1. The molecule has 2 aliphatic rings. The van der Waals surface area contributed by atoms with Crippen LogP contribution in [0.3, 0.4) is 0 Å². The minimum absolute atomic E-state index is 0.0431. The van der Waals surface area contributed by atoms with Crippen molar-refractivity contribution in [3.05, 3.63) is 0 Å². The van der Waals surface area contributed by atoms with Crippen LogP contribution in [0.15, 0.2) is 0 Å². The largest absolute Gasteiger partial charge is 0.334 e. The summed E-state index contributed by atoms with van der Waals surface area (Å²) in [6.07, 6.45) is 2.23. The van der Waals surface area contributed by atoms with Gasteiger partial charge in [0, 0.05) is 0 Å². The van der Waals surface area contributed by atoms with Gasteiger partial charge in [-0.15, -0.1) is 0 Å². The molecule has 2 amide bonds. The minimum atomic E-state index is -0.127. The number of carbonyl (C=O) groups is 2. The van der Waals surface area contributed by atoms with Gasteiger partial charge in [-0.1, -0.05) is 13.8 Å². The first-order chi connectivity index (χ1) is 8.08. The second-order valence-electron chi connectivity index (χ2n) is 5.26. The maximum absolute atomic E-state index is 12.2. The van der Waals surface area contributed by atoms with Gasteiger partial charge in [0.2, 0.25) is 11.8 Å². The Morgan fingerprint density at radius 3 is 2.65 bits per heavy atom. The molecule has 2 heterocycles. The number of nitrogens with zero attached hydrogens (tertiary/aromatic N) is 2. The Balaban J connectivity index is 1.94. The zero-order chi connectivity index (χ0) is 12.4. The number of amides is 2. The van der Waals surface area contributed by atoms with Crippen LogP contribution in [0, 0.1) is 5.92 Å². The molecule has 0 aromatic rings. The summed E-state index contributed by atoms with van der Waals surface area (Å²) in [5.41, 5.74) is 0. The molecule has 0 spiro atoms. The number of rotatable bonds is 3. The van der Waals surface area contributed by atoms with Crippen molar-refractivity contribution >= 4 is 11.8 Å². The molecule has 17 heavy (non-hydrogen) atoms. The highest BCUT2D eigenvalue weighted by atomic mass is 16.2. The topological polar surface area (TPSA) is 52.7 Å².